The van der Waals surface area contributed by atoms with Gasteiger partial charge in [-0.2, -0.15) is 0 Å². The summed E-state index contributed by atoms with van der Waals surface area (Å²) in [5.41, 5.74) is 6.96. The number of carbonyl (C=O) groups is 1. The van der Waals surface area contributed by atoms with E-state index in [-0.39, 0.29) is 11.4 Å². The molecule has 4 nitrogen and oxygen atoms in total. The van der Waals surface area contributed by atoms with Gasteiger partial charge in [0.05, 0.1) is 0 Å². The Hall–Kier alpha value is -3.37. The molecule has 3 aromatic rings. The number of piperidine rings is 1. The van der Waals surface area contributed by atoms with E-state index >= 15 is 0 Å². The van der Waals surface area contributed by atoms with E-state index in [0.717, 1.165) is 50.4 Å². The molecule has 0 atom stereocenters. The minimum atomic E-state index is -0.0425. The largest absolute Gasteiger partial charge is 0.326 e. The first-order chi connectivity index (χ1) is 16.5. The summed E-state index contributed by atoms with van der Waals surface area (Å²) in [7, 11) is 0. The number of nitrogens with zero attached hydrogens (tertiary/aromatic N) is 2. The van der Waals surface area contributed by atoms with Gasteiger partial charge in [0.2, 0.25) is 0 Å². The van der Waals surface area contributed by atoms with Crippen molar-refractivity contribution in [3.63, 3.8) is 0 Å². The third kappa shape index (κ3) is 4.64. The quantitative estimate of drug-likeness (QED) is 0.498. The maximum absolute atomic E-state index is 13.3. The van der Waals surface area contributed by atoms with Crippen molar-refractivity contribution in [1.29, 1.82) is 0 Å². The average molecular weight is 452 g/mol. The van der Waals surface area contributed by atoms with Gasteiger partial charge in [-0.3, -0.25) is 9.80 Å². The summed E-state index contributed by atoms with van der Waals surface area (Å²) in [6.07, 6.45) is 6.60. The van der Waals surface area contributed by atoms with Crippen molar-refractivity contribution in [2.45, 2.75) is 32.1 Å². The first-order valence-electron chi connectivity index (χ1n) is 12.2. The zero-order chi connectivity index (χ0) is 23.5. The zero-order valence-electron chi connectivity index (χ0n) is 20.1. The maximum atomic E-state index is 13.3. The van der Waals surface area contributed by atoms with E-state index in [1.54, 1.807) is 0 Å². The lowest BCUT2D eigenvalue weighted by atomic mass is 9.74. The highest BCUT2D eigenvalue weighted by Crippen LogP contribution is 2.47. The SMILES string of the molecule is Cc1ccc(NC(=O)N2CC3(CCN(CC=Cc4ccccc4)CC3)c3cc(C)ccc32)cc1. The van der Waals surface area contributed by atoms with E-state index in [9.17, 15) is 4.79 Å². The van der Waals surface area contributed by atoms with Crippen LogP contribution in [0.25, 0.3) is 6.08 Å². The molecule has 5 rings (SSSR count). The van der Waals surface area contributed by atoms with Crippen molar-refractivity contribution < 1.29 is 4.79 Å². The fourth-order valence-electron chi connectivity index (χ4n) is 5.29. The van der Waals surface area contributed by atoms with Gasteiger partial charge in [-0.1, -0.05) is 77.9 Å². The summed E-state index contributed by atoms with van der Waals surface area (Å²) in [4.78, 5) is 17.8. The number of rotatable bonds is 4. The van der Waals surface area contributed by atoms with Crippen LogP contribution in [-0.4, -0.2) is 37.1 Å². The number of nitrogens with one attached hydrogen (secondary N) is 1. The summed E-state index contributed by atoms with van der Waals surface area (Å²) >= 11 is 0. The van der Waals surface area contributed by atoms with Crippen LogP contribution in [0.5, 0.6) is 0 Å². The first kappa shape index (κ1) is 22.4. The van der Waals surface area contributed by atoms with Crippen LogP contribution in [0.4, 0.5) is 16.2 Å². The van der Waals surface area contributed by atoms with Crippen molar-refractivity contribution in [3.05, 3.63) is 101 Å². The van der Waals surface area contributed by atoms with Crippen LogP contribution in [0.2, 0.25) is 0 Å². The fourth-order valence-corrected chi connectivity index (χ4v) is 5.29. The van der Waals surface area contributed by atoms with Gasteiger partial charge in [0.25, 0.3) is 0 Å². The van der Waals surface area contributed by atoms with E-state index in [0.29, 0.717) is 0 Å². The topological polar surface area (TPSA) is 35.6 Å². The fraction of sp³-hybridized carbons (Fsp3) is 0.300. The molecule has 2 heterocycles. The number of fused-ring (bicyclic) bond motifs is 2. The van der Waals surface area contributed by atoms with Crippen molar-refractivity contribution in [3.8, 4) is 0 Å². The Kier molecular flexibility index (Phi) is 6.25. The molecule has 34 heavy (non-hydrogen) atoms. The van der Waals surface area contributed by atoms with Crippen molar-refractivity contribution in [2.75, 3.05) is 36.4 Å². The van der Waals surface area contributed by atoms with Crippen LogP contribution >= 0.6 is 0 Å². The Balaban J connectivity index is 1.29. The molecule has 1 spiro atoms. The molecule has 1 fully saturated rings. The van der Waals surface area contributed by atoms with Crippen LogP contribution < -0.4 is 10.2 Å². The number of anilines is 2. The predicted molar refractivity (Wildman–Crippen MR) is 142 cm³/mol. The molecule has 3 aromatic carbocycles. The number of likely N-dealkylation sites (tertiary alicyclic amines) is 1. The lowest BCUT2D eigenvalue weighted by molar-refractivity contribution is 0.180. The highest BCUT2D eigenvalue weighted by molar-refractivity contribution is 6.03. The third-order valence-corrected chi connectivity index (χ3v) is 7.31. The minimum Gasteiger partial charge on any atom is -0.308 e. The lowest BCUT2D eigenvalue weighted by Crippen LogP contribution is -2.46. The molecule has 2 aliphatic heterocycles. The minimum absolute atomic E-state index is 0.0333. The molecule has 0 bridgehead atoms. The summed E-state index contributed by atoms with van der Waals surface area (Å²) in [5.74, 6) is 0. The number of aryl methyl sites for hydroxylation is 2. The molecule has 1 saturated heterocycles. The van der Waals surface area contributed by atoms with Crippen LogP contribution in [-0.2, 0) is 5.41 Å². The van der Waals surface area contributed by atoms with Crippen molar-refractivity contribution in [1.82, 2.24) is 4.90 Å². The van der Waals surface area contributed by atoms with Crippen LogP contribution in [0, 0.1) is 13.8 Å². The van der Waals surface area contributed by atoms with Crippen LogP contribution in [0.1, 0.15) is 35.1 Å². The zero-order valence-corrected chi connectivity index (χ0v) is 20.1. The number of urea groups is 1. The molecular weight excluding hydrogens is 418 g/mol. The van der Waals surface area contributed by atoms with E-state index in [1.807, 2.05) is 35.2 Å². The maximum Gasteiger partial charge on any atom is 0.326 e. The van der Waals surface area contributed by atoms with Gasteiger partial charge < -0.3 is 5.32 Å². The number of amides is 2. The Bertz CT molecular complexity index is 1180. The Morgan fingerprint density at radius 3 is 2.38 bits per heavy atom. The molecule has 1 N–H and O–H groups in total. The summed E-state index contributed by atoms with van der Waals surface area (Å²) in [5, 5.41) is 3.11. The second-order valence-electron chi connectivity index (χ2n) is 9.80. The number of hydrogen-bond acceptors (Lipinski definition) is 2. The van der Waals surface area contributed by atoms with Crippen molar-refractivity contribution in [2.24, 2.45) is 0 Å². The molecule has 0 unspecified atom stereocenters. The molecule has 0 radical (unpaired) electrons. The molecule has 2 amide bonds. The first-order valence-corrected chi connectivity index (χ1v) is 12.2. The smallest absolute Gasteiger partial charge is 0.308 e. The van der Waals surface area contributed by atoms with Crippen molar-refractivity contribution >= 4 is 23.5 Å². The van der Waals surface area contributed by atoms with Gasteiger partial charge in [0.1, 0.15) is 0 Å². The van der Waals surface area contributed by atoms with Gasteiger partial charge in [-0.05, 0) is 69.1 Å². The highest BCUT2D eigenvalue weighted by Gasteiger charge is 2.46. The van der Waals surface area contributed by atoms with E-state index < -0.39 is 0 Å². The Morgan fingerprint density at radius 1 is 0.941 bits per heavy atom. The second kappa shape index (κ2) is 9.47. The summed E-state index contributed by atoms with van der Waals surface area (Å²) in [6, 6.07) is 25.0. The summed E-state index contributed by atoms with van der Waals surface area (Å²) in [6.45, 7) is 7.99. The van der Waals surface area contributed by atoms with Gasteiger partial charge in [0.15, 0.2) is 0 Å². The Labute approximate surface area is 202 Å². The predicted octanol–water partition coefficient (Wildman–Crippen LogP) is 6.40. The Morgan fingerprint density at radius 2 is 1.65 bits per heavy atom. The standard InChI is InChI=1S/C30H33N3O/c1-23-10-13-26(14-11-23)31-29(34)33-22-30(27-21-24(2)12-15-28(27)33)16-19-32(20-17-30)18-6-9-25-7-4-3-5-8-25/h3-15,21H,16-20,22H2,1-2H3,(H,31,34). The highest BCUT2D eigenvalue weighted by atomic mass is 16.2. The van der Waals surface area contributed by atoms with Gasteiger partial charge in [0, 0.05) is 29.9 Å². The molecule has 0 aliphatic carbocycles. The van der Waals surface area contributed by atoms with Gasteiger partial charge in [-0.25, -0.2) is 4.79 Å². The molecule has 4 heteroatoms. The molecular formula is C30H33N3O. The number of carbonyl (C=O) groups excluding carboxylic acids is 1. The van der Waals surface area contributed by atoms with Crippen LogP contribution in [0.15, 0.2) is 78.9 Å². The molecule has 0 aromatic heterocycles. The third-order valence-electron chi connectivity index (χ3n) is 7.31. The van der Waals surface area contributed by atoms with Gasteiger partial charge in [-0.15, -0.1) is 0 Å². The number of hydrogen-bond donors (Lipinski definition) is 1. The molecule has 174 valence electrons. The second-order valence-corrected chi connectivity index (χ2v) is 9.80. The average Bonchev–Trinajstić information content (AvgIpc) is 3.16. The summed E-state index contributed by atoms with van der Waals surface area (Å²) < 4.78 is 0. The van der Waals surface area contributed by atoms with E-state index in [2.05, 4.69) is 78.7 Å². The van der Waals surface area contributed by atoms with Crippen LogP contribution in [0.3, 0.4) is 0 Å². The monoisotopic (exact) mass is 451 g/mol. The van der Waals surface area contributed by atoms with E-state index in [4.69, 9.17) is 0 Å². The normalized spacial score (nSPS) is 17.3. The molecule has 0 saturated carbocycles. The van der Waals surface area contributed by atoms with E-state index in [1.165, 1.54) is 22.3 Å². The molecule has 2 aliphatic rings. The number of benzene rings is 3. The lowest BCUT2D eigenvalue weighted by Gasteiger charge is -2.39. The van der Waals surface area contributed by atoms with Gasteiger partial charge >= 0.3 is 6.03 Å².